The van der Waals surface area contributed by atoms with Gasteiger partial charge in [0.25, 0.3) is 0 Å². The number of aromatic nitrogens is 3. The molecule has 0 spiro atoms. The Morgan fingerprint density at radius 1 is 1.13 bits per heavy atom. The van der Waals surface area contributed by atoms with Crippen LogP contribution in [0.25, 0.3) is 5.82 Å². The fraction of sp³-hybridized carbons (Fsp3) is 0.250. The fourth-order valence-corrected chi connectivity index (χ4v) is 5.62. The molecule has 1 fully saturated rings. The molecule has 0 bridgehead atoms. The molecule has 31 heavy (non-hydrogen) atoms. The molecule has 1 amide bonds. The second-order valence-corrected chi connectivity index (χ2v) is 9.85. The maximum absolute atomic E-state index is 12.9. The molecule has 162 valence electrons. The van der Waals surface area contributed by atoms with E-state index in [4.69, 9.17) is 23.2 Å². The summed E-state index contributed by atoms with van der Waals surface area (Å²) in [5.74, 6) is 0.180. The predicted octanol–water partition coefficient (Wildman–Crippen LogP) is 3.61. The average Bonchev–Trinajstić information content (AvgIpc) is 3.31. The van der Waals surface area contributed by atoms with Gasteiger partial charge in [0.05, 0.1) is 16.9 Å². The van der Waals surface area contributed by atoms with Crippen LogP contribution in [0.3, 0.4) is 0 Å². The number of benzene rings is 1. The lowest BCUT2D eigenvalue weighted by Crippen LogP contribution is -2.41. The van der Waals surface area contributed by atoms with Crippen LogP contribution < -0.4 is 5.32 Å². The number of halogens is 2. The number of hydrogen-bond acceptors (Lipinski definition) is 5. The van der Waals surface area contributed by atoms with Crippen molar-refractivity contribution in [2.24, 2.45) is 5.92 Å². The van der Waals surface area contributed by atoms with Crippen LogP contribution in [0.2, 0.25) is 10.0 Å². The molecule has 1 N–H and O–H groups in total. The van der Waals surface area contributed by atoms with E-state index in [-0.39, 0.29) is 34.8 Å². The number of pyridine rings is 1. The molecule has 1 saturated heterocycles. The van der Waals surface area contributed by atoms with Crippen LogP contribution in [0.15, 0.2) is 59.9 Å². The summed E-state index contributed by atoms with van der Waals surface area (Å²) in [5, 5.41) is 7.37. The Bertz CT molecular complexity index is 1180. The Labute approximate surface area is 189 Å². The highest BCUT2D eigenvalue weighted by molar-refractivity contribution is 7.89. The Balaban J connectivity index is 1.37. The first kappa shape index (κ1) is 21.8. The molecule has 2 aromatic heterocycles. The van der Waals surface area contributed by atoms with Gasteiger partial charge in [0.2, 0.25) is 15.9 Å². The van der Waals surface area contributed by atoms with Gasteiger partial charge in [-0.05, 0) is 49.2 Å². The summed E-state index contributed by atoms with van der Waals surface area (Å²) < 4.78 is 28.8. The number of sulfonamides is 1. The Hall–Kier alpha value is -2.46. The van der Waals surface area contributed by atoms with Gasteiger partial charge < -0.3 is 5.32 Å². The highest BCUT2D eigenvalue weighted by Gasteiger charge is 2.33. The van der Waals surface area contributed by atoms with E-state index >= 15 is 0 Å². The molecule has 0 saturated carbocycles. The van der Waals surface area contributed by atoms with E-state index in [1.54, 1.807) is 41.5 Å². The molecule has 0 radical (unpaired) electrons. The number of rotatable bonds is 5. The van der Waals surface area contributed by atoms with E-state index in [2.05, 4.69) is 15.4 Å². The molecule has 1 aliphatic rings. The molecule has 0 atom stereocenters. The van der Waals surface area contributed by atoms with Gasteiger partial charge >= 0.3 is 0 Å². The van der Waals surface area contributed by atoms with Crippen LogP contribution >= 0.6 is 23.2 Å². The number of nitrogens with one attached hydrogen (secondary N) is 1. The number of hydrogen-bond donors (Lipinski definition) is 1. The van der Waals surface area contributed by atoms with Crippen molar-refractivity contribution in [1.29, 1.82) is 0 Å². The average molecular weight is 480 g/mol. The summed E-state index contributed by atoms with van der Waals surface area (Å²) in [6.45, 7) is 0.444. The van der Waals surface area contributed by atoms with Gasteiger partial charge in [-0.1, -0.05) is 23.2 Å². The zero-order chi connectivity index (χ0) is 22.0. The molecule has 0 unspecified atom stereocenters. The number of carbonyl (C=O) groups is 1. The molecule has 3 aromatic rings. The van der Waals surface area contributed by atoms with Crippen molar-refractivity contribution in [1.82, 2.24) is 19.1 Å². The molecule has 1 aliphatic heterocycles. The van der Waals surface area contributed by atoms with Gasteiger partial charge in [-0.25, -0.2) is 18.1 Å². The van der Waals surface area contributed by atoms with Crippen molar-refractivity contribution in [2.75, 3.05) is 18.4 Å². The lowest BCUT2D eigenvalue weighted by Gasteiger charge is -2.30. The predicted molar refractivity (Wildman–Crippen MR) is 118 cm³/mol. The Morgan fingerprint density at radius 3 is 2.55 bits per heavy atom. The second-order valence-electron chi connectivity index (χ2n) is 7.10. The van der Waals surface area contributed by atoms with Crippen molar-refractivity contribution in [2.45, 2.75) is 17.7 Å². The zero-order valence-corrected chi connectivity index (χ0v) is 18.6. The number of piperidine rings is 1. The normalized spacial score (nSPS) is 15.7. The van der Waals surface area contributed by atoms with Gasteiger partial charge in [-0.2, -0.15) is 9.40 Å². The fourth-order valence-electron chi connectivity index (χ4n) is 3.42. The van der Waals surface area contributed by atoms with Crippen LogP contribution in [-0.2, 0) is 14.8 Å². The van der Waals surface area contributed by atoms with Crippen LogP contribution in [0.1, 0.15) is 12.8 Å². The van der Waals surface area contributed by atoms with Crippen molar-refractivity contribution in [3.05, 3.63) is 65.0 Å². The first-order valence-corrected chi connectivity index (χ1v) is 11.8. The maximum atomic E-state index is 12.9. The third-order valence-corrected chi connectivity index (χ3v) is 7.71. The van der Waals surface area contributed by atoms with Crippen molar-refractivity contribution in [3.8, 4) is 5.82 Å². The van der Waals surface area contributed by atoms with Gasteiger partial charge in [-0.3, -0.25) is 4.79 Å². The molecule has 1 aromatic carbocycles. The quantitative estimate of drug-likeness (QED) is 0.602. The second kappa shape index (κ2) is 8.96. The van der Waals surface area contributed by atoms with Crippen LogP contribution in [0, 0.1) is 5.92 Å². The van der Waals surface area contributed by atoms with Crippen LogP contribution in [0.4, 0.5) is 5.69 Å². The molecular formula is C20H19Cl2N5O3S. The molecular weight excluding hydrogens is 461 g/mol. The van der Waals surface area contributed by atoms with E-state index in [0.717, 1.165) is 0 Å². The molecule has 8 nitrogen and oxygen atoms in total. The molecule has 4 rings (SSSR count). The lowest BCUT2D eigenvalue weighted by atomic mass is 9.97. The molecule has 11 heteroatoms. The first-order chi connectivity index (χ1) is 14.8. The van der Waals surface area contributed by atoms with Gasteiger partial charge in [0.15, 0.2) is 5.82 Å². The molecule has 0 aliphatic carbocycles. The smallest absolute Gasteiger partial charge is 0.244 e. The molecule has 3 heterocycles. The van der Waals surface area contributed by atoms with E-state index in [1.807, 2.05) is 0 Å². The summed E-state index contributed by atoms with van der Waals surface area (Å²) in [6, 6.07) is 9.65. The SMILES string of the molecule is O=C(Nc1ccc(-n2cccn2)nc1)C1CCN(S(=O)(=O)c2cc(Cl)ccc2Cl)CC1. The topological polar surface area (TPSA) is 97.2 Å². The van der Waals surface area contributed by atoms with E-state index in [1.165, 1.54) is 22.5 Å². The lowest BCUT2D eigenvalue weighted by molar-refractivity contribution is -0.120. The van der Waals surface area contributed by atoms with Crippen LogP contribution in [0.5, 0.6) is 0 Å². The van der Waals surface area contributed by atoms with Crippen molar-refractivity contribution in [3.63, 3.8) is 0 Å². The van der Waals surface area contributed by atoms with Crippen LogP contribution in [-0.4, -0.2) is 46.5 Å². The summed E-state index contributed by atoms with van der Waals surface area (Å²) in [5.41, 5.74) is 0.571. The Morgan fingerprint density at radius 2 is 1.90 bits per heavy atom. The monoisotopic (exact) mass is 479 g/mol. The highest BCUT2D eigenvalue weighted by Crippen LogP contribution is 2.30. The third kappa shape index (κ3) is 4.74. The summed E-state index contributed by atoms with van der Waals surface area (Å²) in [7, 11) is -3.78. The third-order valence-electron chi connectivity index (χ3n) is 5.09. The number of amides is 1. The standard InChI is InChI=1S/C20H19Cl2N5O3S/c21-15-2-4-17(22)18(12-15)31(29,30)26-10-6-14(7-11-26)20(28)25-16-3-5-19(23-13-16)27-9-1-8-24-27/h1-5,8-9,12-14H,6-7,10-11H2,(H,25,28). The number of nitrogens with zero attached hydrogens (tertiary/aromatic N) is 4. The number of anilines is 1. The van der Waals surface area contributed by atoms with Crippen molar-refractivity contribution < 1.29 is 13.2 Å². The summed E-state index contributed by atoms with van der Waals surface area (Å²) in [4.78, 5) is 16.9. The minimum atomic E-state index is -3.78. The zero-order valence-electron chi connectivity index (χ0n) is 16.3. The van der Waals surface area contributed by atoms with E-state index in [0.29, 0.717) is 29.4 Å². The largest absolute Gasteiger partial charge is 0.324 e. The van der Waals surface area contributed by atoms with Gasteiger partial charge in [0.1, 0.15) is 4.90 Å². The number of carbonyl (C=O) groups excluding carboxylic acids is 1. The van der Waals surface area contributed by atoms with E-state index < -0.39 is 10.0 Å². The van der Waals surface area contributed by atoms with Crippen molar-refractivity contribution >= 4 is 44.8 Å². The maximum Gasteiger partial charge on any atom is 0.244 e. The first-order valence-electron chi connectivity index (χ1n) is 9.57. The minimum absolute atomic E-state index is 0.0204. The summed E-state index contributed by atoms with van der Waals surface area (Å²) in [6.07, 6.45) is 5.81. The summed E-state index contributed by atoms with van der Waals surface area (Å²) >= 11 is 12.0. The van der Waals surface area contributed by atoms with Gasteiger partial charge in [-0.15, -0.1) is 0 Å². The van der Waals surface area contributed by atoms with Gasteiger partial charge in [0, 0.05) is 36.4 Å². The highest BCUT2D eigenvalue weighted by atomic mass is 35.5. The minimum Gasteiger partial charge on any atom is -0.324 e. The van der Waals surface area contributed by atoms with E-state index in [9.17, 15) is 13.2 Å². The Kier molecular flexibility index (Phi) is 6.29.